The number of benzene rings is 1. The summed E-state index contributed by atoms with van der Waals surface area (Å²) in [6.07, 6.45) is 1.57. The average molecular weight is 264 g/mol. The minimum atomic E-state index is -0.924. The second-order valence-corrected chi connectivity index (χ2v) is 4.18. The third kappa shape index (κ3) is 2.48. The molecule has 18 heavy (non-hydrogen) atoms. The van der Waals surface area contributed by atoms with Gasteiger partial charge in [-0.15, -0.1) is 0 Å². The summed E-state index contributed by atoms with van der Waals surface area (Å²) in [4.78, 5) is 25.1. The second-order valence-electron chi connectivity index (χ2n) is 3.33. The number of fused-ring (bicyclic) bond motifs is 1. The van der Waals surface area contributed by atoms with E-state index in [1.165, 1.54) is 11.9 Å². The molecule has 1 aliphatic rings. The Morgan fingerprint density at radius 1 is 1.44 bits per heavy atom. The van der Waals surface area contributed by atoms with Gasteiger partial charge in [0.05, 0.1) is 0 Å². The fraction of sp³-hybridized carbons (Fsp3) is 0. The molecule has 3 N–H and O–H groups in total. The molecule has 1 aliphatic heterocycles. The number of hydrogen-bond donors (Lipinski definition) is 2. The van der Waals surface area contributed by atoms with Crippen molar-refractivity contribution < 1.29 is 9.72 Å². The summed E-state index contributed by atoms with van der Waals surface area (Å²) < 4.78 is 2.76. The Hall–Kier alpha value is -2.35. The van der Waals surface area contributed by atoms with Crippen molar-refractivity contribution >= 4 is 29.9 Å². The Kier molecular flexibility index (Phi) is 3.28. The van der Waals surface area contributed by atoms with Crippen LogP contribution in [0.4, 0.5) is 0 Å². The van der Waals surface area contributed by atoms with E-state index < -0.39 is 16.8 Å². The van der Waals surface area contributed by atoms with E-state index in [4.69, 9.17) is 5.73 Å². The molecule has 7 nitrogen and oxygen atoms in total. The van der Waals surface area contributed by atoms with E-state index >= 15 is 0 Å². The van der Waals surface area contributed by atoms with Crippen LogP contribution in [0.25, 0.3) is 6.08 Å². The van der Waals surface area contributed by atoms with Crippen molar-refractivity contribution in [3.63, 3.8) is 0 Å². The lowest BCUT2D eigenvalue weighted by molar-refractivity contribution is -0.352. The van der Waals surface area contributed by atoms with E-state index in [0.29, 0.717) is 0 Å². The van der Waals surface area contributed by atoms with Crippen molar-refractivity contribution in [3.8, 4) is 0 Å². The number of rotatable bonds is 1. The Labute approximate surface area is 106 Å². The van der Waals surface area contributed by atoms with Gasteiger partial charge in [-0.05, 0) is 39.6 Å². The molecule has 0 aliphatic carbocycles. The summed E-state index contributed by atoms with van der Waals surface area (Å²) in [7, 11) is 0. The number of nitrogens with one attached hydrogen (secondary N) is 1. The first-order valence-electron chi connectivity index (χ1n) is 4.84. The molecule has 0 spiro atoms. The number of nitrogens with zero attached hydrogens (tertiary/aromatic N) is 2. The van der Waals surface area contributed by atoms with Crippen LogP contribution in [0.2, 0.25) is 0 Å². The van der Waals surface area contributed by atoms with E-state index in [1.54, 1.807) is 6.08 Å². The number of hydrogen-bond acceptors (Lipinski definition) is 5. The molecule has 0 saturated carbocycles. The first-order chi connectivity index (χ1) is 8.58. The van der Waals surface area contributed by atoms with Gasteiger partial charge >= 0.3 is 11.9 Å². The first-order valence-corrected chi connectivity index (χ1v) is 5.66. The normalized spacial score (nSPS) is 14.2. The first kappa shape index (κ1) is 12.1. The molecule has 8 heteroatoms. The van der Waals surface area contributed by atoms with E-state index in [-0.39, 0.29) is 5.70 Å². The number of aliphatic imine (C=N–C) groups is 1. The fourth-order valence-corrected chi connectivity index (χ4v) is 2.06. The zero-order valence-electron chi connectivity index (χ0n) is 8.99. The van der Waals surface area contributed by atoms with E-state index in [2.05, 4.69) is 9.71 Å². The van der Waals surface area contributed by atoms with Gasteiger partial charge in [0.25, 0.3) is 0 Å². The third-order valence-electron chi connectivity index (χ3n) is 2.12. The highest BCUT2D eigenvalue weighted by Crippen LogP contribution is 2.27. The summed E-state index contributed by atoms with van der Waals surface area (Å²) in [5.74, 6) is -1.70. The Balaban J connectivity index is 2.27. The molecule has 1 amide bonds. The molecule has 1 aromatic carbocycles. The van der Waals surface area contributed by atoms with Crippen LogP contribution < -0.4 is 10.5 Å². The SMILES string of the molecule is NC(=NC(=O)C1=Cc2ccccc2SN1)[N+](=O)[O-]. The number of guanidine groups is 1. The number of amides is 1. The van der Waals surface area contributed by atoms with Crippen LogP contribution >= 0.6 is 11.9 Å². The van der Waals surface area contributed by atoms with Gasteiger partial charge < -0.3 is 14.8 Å². The van der Waals surface area contributed by atoms with Gasteiger partial charge in [-0.25, -0.2) is 4.79 Å². The molecular weight excluding hydrogens is 256 g/mol. The monoisotopic (exact) mass is 264 g/mol. The summed E-state index contributed by atoms with van der Waals surface area (Å²) >= 11 is 1.24. The van der Waals surface area contributed by atoms with Gasteiger partial charge in [-0.1, -0.05) is 18.2 Å². The van der Waals surface area contributed by atoms with Crippen molar-refractivity contribution in [2.75, 3.05) is 0 Å². The van der Waals surface area contributed by atoms with Gasteiger partial charge in [0.15, 0.2) is 0 Å². The van der Waals surface area contributed by atoms with Gasteiger partial charge in [0.2, 0.25) is 0 Å². The number of carbonyl (C=O) groups is 1. The predicted octanol–water partition coefficient (Wildman–Crippen LogP) is 0.756. The Morgan fingerprint density at radius 3 is 2.89 bits per heavy atom. The van der Waals surface area contributed by atoms with E-state index in [1.807, 2.05) is 24.3 Å². The molecule has 0 saturated heterocycles. The quantitative estimate of drug-likeness (QED) is 0.255. The van der Waals surface area contributed by atoms with Gasteiger partial charge in [-0.3, -0.25) is 5.73 Å². The third-order valence-corrected chi connectivity index (χ3v) is 3.04. The lowest BCUT2D eigenvalue weighted by Crippen LogP contribution is -2.25. The molecular formula is C10H8N4O3S. The predicted molar refractivity (Wildman–Crippen MR) is 67.0 cm³/mol. The van der Waals surface area contributed by atoms with Crippen molar-refractivity contribution in [1.82, 2.24) is 4.72 Å². The molecule has 0 aromatic heterocycles. The van der Waals surface area contributed by atoms with Crippen LogP contribution in [0.3, 0.4) is 0 Å². The molecule has 92 valence electrons. The molecule has 1 heterocycles. The number of nitro groups is 1. The maximum atomic E-state index is 11.6. The van der Waals surface area contributed by atoms with Gasteiger partial charge in [-0.2, -0.15) is 0 Å². The van der Waals surface area contributed by atoms with Crippen molar-refractivity contribution in [2.45, 2.75) is 4.90 Å². The second kappa shape index (κ2) is 4.88. The zero-order chi connectivity index (χ0) is 13.1. The summed E-state index contributed by atoms with van der Waals surface area (Å²) in [5, 5.41) is 10.3. The topological polar surface area (TPSA) is 111 Å². The number of nitrogens with two attached hydrogens (primary N) is 1. The lowest BCUT2D eigenvalue weighted by Gasteiger charge is -2.13. The van der Waals surface area contributed by atoms with E-state index in [9.17, 15) is 14.9 Å². The van der Waals surface area contributed by atoms with Crippen molar-refractivity contribution in [2.24, 2.45) is 10.7 Å². The van der Waals surface area contributed by atoms with Crippen LogP contribution in [0.1, 0.15) is 5.56 Å². The zero-order valence-corrected chi connectivity index (χ0v) is 9.81. The smallest absolute Gasteiger partial charge is 0.390 e. The van der Waals surface area contributed by atoms with Crippen molar-refractivity contribution in [3.05, 3.63) is 45.6 Å². The Bertz CT molecular complexity index is 582. The highest BCUT2D eigenvalue weighted by molar-refractivity contribution is 7.97. The minimum Gasteiger partial charge on any atom is -0.390 e. The molecule has 0 atom stereocenters. The molecule has 0 fully saturated rings. The molecule has 2 rings (SSSR count). The highest BCUT2D eigenvalue weighted by Gasteiger charge is 2.20. The summed E-state index contributed by atoms with van der Waals surface area (Å²) in [6.45, 7) is 0. The van der Waals surface area contributed by atoms with Crippen LogP contribution in [-0.4, -0.2) is 16.8 Å². The lowest BCUT2D eigenvalue weighted by atomic mass is 10.2. The number of carbonyl (C=O) groups excluding carboxylic acids is 1. The summed E-state index contributed by atoms with van der Waals surface area (Å²) in [6, 6.07) is 7.42. The van der Waals surface area contributed by atoms with Gasteiger partial charge in [0, 0.05) is 4.90 Å². The molecule has 0 unspecified atom stereocenters. The minimum absolute atomic E-state index is 0.156. The van der Waals surface area contributed by atoms with Crippen LogP contribution in [0.5, 0.6) is 0 Å². The maximum absolute atomic E-state index is 11.6. The highest BCUT2D eigenvalue weighted by atomic mass is 32.2. The fourth-order valence-electron chi connectivity index (χ4n) is 1.30. The maximum Gasteiger partial charge on any atom is 0.429 e. The van der Waals surface area contributed by atoms with E-state index in [0.717, 1.165) is 10.5 Å². The Morgan fingerprint density at radius 2 is 2.17 bits per heavy atom. The van der Waals surface area contributed by atoms with Crippen LogP contribution in [0.15, 0.2) is 39.9 Å². The average Bonchev–Trinajstić information content (AvgIpc) is 2.37. The van der Waals surface area contributed by atoms with Crippen molar-refractivity contribution in [1.29, 1.82) is 0 Å². The van der Waals surface area contributed by atoms with Crippen LogP contribution in [-0.2, 0) is 4.79 Å². The largest absolute Gasteiger partial charge is 0.429 e. The molecule has 0 radical (unpaired) electrons. The van der Waals surface area contributed by atoms with Crippen LogP contribution in [0, 0.1) is 10.1 Å². The molecule has 0 bridgehead atoms. The van der Waals surface area contributed by atoms with Gasteiger partial charge in [0.1, 0.15) is 5.70 Å². The standard InChI is InChI=1S/C10H8N4O3S/c11-10(14(16)17)12-9(15)7-5-6-3-1-2-4-8(6)18-13-7/h1-5,13H,(H2,11,12,15). The molecule has 1 aromatic rings. The summed E-state index contributed by atoms with van der Waals surface area (Å²) in [5.41, 5.74) is 5.99.